The number of hydrogen-bond acceptors (Lipinski definition) is 4. The lowest BCUT2D eigenvalue weighted by Crippen LogP contribution is -2.15. The number of amides is 1. The highest BCUT2D eigenvalue weighted by molar-refractivity contribution is 14.1. The highest BCUT2D eigenvalue weighted by Crippen LogP contribution is 2.21. The SMILES string of the molecule is Cc1nc2ncnn2c(C)c1CCC(=O)Nc1cc(F)c(I)c(F)c1. The Morgan fingerprint density at radius 2 is 1.96 bits per heavy atom. The minimum Gasteiger partial charge on any atom is -0.326 e. The molecule has 3 aromatic rings. The summed E-state index contributed by atoms with van der Waals surface area (Å²) in [5.74, 6) is -1.24. The van der Waals surface area contributed by atoms with Crippen LogP contribution in [0.2, 0.25) is 0 Å². The van der Waals surface area contributed by atoms with Crippen molar-refractivity contribution in [2.24, 2.45) is 0 Å². The number of aromatic nitrogens is 4. The largest absolute Gasteiger partial charge is 0.326 e. The van der Waals surface area contributed by atoms with Gasteiger partial charge in [0.1, 0.15) is 18.0 Å². The lowest BCUT2D eigenvalue weighted by Gasteiger charge is -2.11. The number of carbonyl (C=O) groups excluding carboxylic acids is 1. The fourth-order valence-corrected chi connectivity index (χ4v) is 2.92. The summed E-state index contributed by atoms with van der Waals surface area (Å²) >= 11 is 1.57. The van der Waals surface area contributed by atoms with E-state index < -0.39 is 11.6 Å². The molecule has 0 spiro atoms. The fourth-order valence-electron chi connectivity index (χ4n) is 2.61. The van der Waals surface area contributed by atoms with Gasteiger partial charge in [0.25, 0.3) is 5.78 Å². The fraction of sp³-hybridized carbons (Fsp3) is 0.250. The van der Waals surface area contributed by atoms with Crippen LogP contribution in [0.25, 0.3) is 5.78 Å². The Balaban J connectivity index is 1.73. The van der Waals surface area contributed by atoms with Crippen LogP contribution >= 0.6 is 22.6 Å². The van der Waals surface area contributed by atoms with Gasteiger partial charge in [0.15, 0.2) is 0 Å². The second kappa shape index (κ2) is 6.98. The van der Waals surface area contributed by atoms with Crippen LogP contribution in [-0.2, 0) is 11.2 Å². The van der Waals surface area contributed by atoms with Crippen LogP contribution in [0.3, 0.4) is 0 Å². The first-order valence-electron chi connectivity index (χ1n) is 7.47. The summed E-state index contributed by atoms with van der Waals surface area (Å²) in [5, 5.41) is 6.62. The van der Waals surface area contributed by atoms with Gasteiger partial charge in [0.05, 0.1) is 3.57 Å². The monoisotopic (exact) mass is 457 g/mol. The maximum absolute atomic E-state index is 13.5. The lowest BCUT2D eigenvalue weighted by atomic mass is 10.1. The van der Waals surface area contributed by atoms with E-state index in [1.54, 1.807) is 27.1 Å². The second-order valence-corrected chi connectivity index (χ2v) is 6.61. The second-order valence-electron chi connectivity index (χ2n) is 5.54. The molecular formula is C16H14F2IN5O. The number of fused-ring (bicyclic) bond motifs is 1. The molecule has 3 rings (SSSR count). The lowest BCUT2D eigenvalue weighted by molar-refractivity contribution is -0.116. The molecule has 0 unspecified atom stereocenters. The van der Waals surface area contributed by atoms with Crippen molar-refractivity contribution in [2.75, 3.05) is 5.32 Å². The quantitative estimate of drug-likeness (QED) is 0.483. The Morgan fingerprint density at radius 3 is 2.64 bits per heavy atom. The standard InChI is InChI=1S/C16H14F2IN5O/c1-8-11(9(2)24-16(22-8)20-7-21-24)3-4-14(25)23-10-5-12(17)15(19)13(18)6-10/h5-7H,3-4H2,1-2H3,(H,23,25). The van der Waals surface area contributed by atoms with Gasteiger partial charge in [-0.15, -0.1) is 0 Å². The zero-order chi connectivity index (χ0) is 18.1. The molecule has 1 aromatic carbocycles. The molecule has 9 heteroatoms. The van der Waals surface area contributed by atoms with Gasteiger partial charge in [-0.25, -0.2) is 18.3 Å². The van der Waals surface area contributed by atoms with E-state index in [-0.39, 0.29) is 21.6 Å². The molecule has 0 aliphatic heterocycles. The molecule has 1 amide bonds. The normalized spacial score (nSPS) is 11.1. The number of rotatable bonds is 4. The zero-order valence-electron chi connectivity index (χ0n) is 13.5. The van der Waals surface area contributed by atoms with Crippen LogP contribution in [0, 0.1) is 29.1 Å². The van der Waals surface area contributed by atoms with Crippen LogP contribution in [-0.4, -0.2) is 25.5 Å². The Hall–Kier alpha value is -2.17. The summed E-state index contributed by atoms with van der Waals surface area (Å²) in [5.41, 5.74) is 2.63. The third-order valence-corrected chi connectivity index (χ3v) is 4.89. The molecule has 25 heavy (non-hydrogen) atoms. The molecule has 0 bridgehead atoms. The maximum atomic E-state index is 13.5. The van der Waals surface area contributed by atoms with Crippen molar-refractivity contribution in [3.05, 3.63) is 50.6 Å². The van der Waals surface area contributed by atoms with Crippen LogP contribution in [0.15, 0.2) is 18.5 Å². The van der Waals surface area contributed by atoms with Crippen molar-refractivity contribution in [2.45, 2.75) is 26.7 Å². The van der Waals surface area contributed by atoms with Gasteiger partial charge in [-0.2, -0.15) is 10.1 Å². The van der Waals surface area contributed by atoms with E-state index in [4.69, 9.17) is 0 Å². The number of carbonyl (C=O) groups is 1. The van der Waals surface area contributed by atoms with E-state index in [2.05, 4.69) is 20.4 Å². The summed E-state index contributed by atoms with van der Waals surface area (Å²) in [4.78, 5) is 20.5. The number of aryl methyl sites for hydroxylation is 2. The number of anilines is 1. The van der Waals surface area contributed by atoms with E-state index in [0.29, 0.717) is 12.2 Å². The van der Waals surface area contributed by atoms with Gasteiger partial charge in [0, 0.05) is 23.5 Å². The molecular weight excluding hydrogens is 443 g/mol. The number of halogens is 3. The molecule has 0 fully saturated rings. The first-order valence-corrected chi connectivity index (χ1v) is 8.55. The van der Waals surface area contributed by atoms with Crippen molar-refractivity contribution in [1.82, 2.24) is 19.6 Å². The molecule has 0 aliphatic rings. The van der Waals surface area contributed by atoms with E-state index in [0.717, 1.165) is 29.1 Å². The van der Waals surface area contributed by atoms with Crippen molar-refractivity contribution >= 4 is 40.0 Å². The molecule has 130 valence electrons. The smallest absolute Gasteiger partial charge is 0.252 e. The summed E-state index contributed by atoms with van der Waals surface area (Å²) in [6, 6.07) is 2.20. The third kappa shape index (κ3) is 3.60. The Kier molecular flexibility index (Phi) is 4.93. The van der Waals surface area contributed by atoms with Crippen molar-refractivity contribution in [1.29, 1.82) is 0 Å². The molecule has 0 saturated carbocycles. The molecule has 6 nitrogen and oxygen atoms in total. The summed E-state index contributed by atoms with van der Waals surface area (Å²) in [7, 11) is 0. The number of benzene rings is 1. The topological polar surface area (TPSA) is 72.2 Å². The Labute approximate surface area is 155 Å². The first kappa shape index (κ1) is 17.6. The number of hydrogen-bond donors (Lipinski definition) is 1. The average Bonchev–Trinajstić information content (AvgIpc) is 3.00. The Morgan fingerprint density at radius 1 is 1.28 bits per heavy atom. The number of nitrogens with one attached hydrogen (secondary N) is 1. The van der Waals surface area contributed by atoms with Crippen LogP contribution in [0.1, 0.15) is 23.4 Å². The Bertz CT molecular complexity index is 950. The highest BCUT2D eigenvalue weighted by atomic mass is 127. The minimum atomic E-state index is -0.705. The van der Waals surface area contributed by atoms with Gasteiger partial charge >= 0.3 is 0 Å². The average molecular weight is 457 g/mol. The molecule has 2 aromatic heterocycles. The predicted molar refractivity (Wildman–Crippen MR) is 96.3 cm³/mol. The first-order chi connectivity index (χ1) is 11.9. The van der Waals surface area contributed by atoms with Crippen molar-refractivity contribution < 1.29 is 13.6 Å². The highest BCUT2D eigenvalue weighted by Gasteiger charge is 2.14. The number of nitrogens with zero attached hydrogens (tertiary/aromatic N) is 4. The summed E-state index contributed by atoms with van der Waals surface area (Å²) in [6.45, 7) is 3.73. The minimum absolute atomic E-state index is 0.0960. The van der Waals surface area contributed by atoms with Crippen LogP contribution < -0.4 is 5.32 Å². The molecule has 0 aliphatic carbocycles. The van der Waals surface area contributed by atoms with Gasteiger partial charge < -0.3 is 5.32 Å². The molecule has 2 heterocycles. The zero-order valence-corrected chi connectivity index (χ0v) is 15.6. The summed E-state index contributed by atoms with van der Waals surface area (Å²) in [6.07, 6.45) is 2.01. The predicted octanol–water partition coefficient (Wildman–Crippen LogP) is 3.20. The van der Waals surface area contributed by atoms with Gasteiger partial charge in [-0.1, -0.05) is 0 Å². The van der Waals surface area contributed by atoms with Gasteiger partial charge in [-0.3, -0.25) is 4.79 Å². The molecule has 1 N–H and O–H groups in total. The van der Waals surface area contributed by atoms with Crippen molar-refractivity contribution in [3.63, 3.8) is 0 Å². The molecule has 0 radical (unpaired) electrons. The molecule has 0 atom stereocenters. The van der Waals surface area contributed by atoms with Crippen molar-refractivity contribution in [3.8, 4) is 0 Å². The van der Waals surface area contributed by atoms with E-state index >= 15 is 0 Å². The molecule has 0 saturated heterocycles. The van der Waals surface area contributed by atoms with Gasteiger partial charge in [-0.05, 0) is 60.6 Å². The van der Waals surface area contributed by atoms with E-state index in [9.17, 15) is 13.6 Å². The van der Waals surface area contributed by atoms with Gasteiger partial charge in [0.2, 0.25) is 5.91 Å². The van der Waals surface area contributed by atoms with Crippen LogP contribution in [0.5, 0.6) is 0 Å². The third-order valence-electron chi connectivity index (χ3n) is 3.86. The summed E-state index contributed by atoms with van der Waals surface area (Å²) < 4.78 is 28.6. The maximum Gasteiger partial charge on any atom is 0.252 e. The van der Waals surface area contributed by atoms with E-state index in [1.165, 1.54) is 6.33 Å². The van der Waals surface area contributed by atoms with Crippen LogP contribution in [0.4, 0.5) is 14.5 Å². The van der Waals surface area contributed by atoms with E-state index in [1.807, 2.05) is 13.8 Å².